The van der Waals surface area contributed by atoms with Gasteiger partial charge in [0.25, 0.3) is 0 Å². The third-order valence-electron chi connectivity index (χ3n) is 5.77. The quantitative estimate of drug-likeness (QED) is 0.834. The smallest absolute Gasteiger partial charge is 0.223 e. The largest absolute Gasteiger partial charge is 0.356 e. The molecule has 2 amide bonds. The molecular formula is C20H29N3O2. The molecule has 0 spiro atoms. The van der Waals surface area contributed by atoms with Gasteiger partial charge in [-0.05, 0) is 62.5 Å². The lowest BCUT2D eigenvalue weighted by atomic mass is 9.77. The predicted octanol–water partition coefficient (Wildman–Crippen LogP) is 2.98. The van der Waals surface area contributed by atoms with Gasteiger partial charge in [-0.2, -0.15) is 0 Å². The highest BCUT2D eigenvalue weighted by atomic mass is 16.2. The number of pyridine rings is 1. The Morgan fingerprint density at radius 1 is 1.16 bits per heavy atom. The number of amides is 2. The molecule has 0 bridgehead atoms. The summed E-state index contributed by atoms with van der Waals surface area (Å²) in [5, 5.41) is 6.23. The van der Waals surface area contributed by atoms with E-state index < -0.39 is 0 Å². The minimum absolute atomic E-state index is 0.00876. The Balaban J connectivity index is 1.50. The monoisotopic (exact) mass is 343 g/mol. The van der Waals surface area contributed by atoms with Crippen LogP contribution in [0.4, 0.5) is 0 Å². The van der Waals surface area contributed by atoms with E-state index >= 15 is 0 Å². The molecule has 1 atom stereocenters. The highest BCUT2D eigenvalue weighted by Crippen LogP contribution is 2.36. The molecule has 0 aromatic carbocycles. The minimum atomic E-state index is -0.00998. The standard InChI is InChI=1S/C20H29N3O2/c1-14(24)23-19(18-7-2-3-12-21-18)16-10-8-15(9-11-16)13-22-20(25)17-5-4-6-17/h2-3,7,12,15-17,19H,4-6,8-11,13H2,1H3,(H,22,25)(H,23,24)/t15?,16?,19-/m0/s1. The van der Waals surface area contributed by atoms with Crippen molar-refractivity contribution in [3.63, 3.8) is 0 Å². The van der Waals surface area contributed by atoms with Gasteiger partial charge in [0.05, 0.1) is 11.7 Å². The minimum Gasteiger partial charge on any atom is -0.356 e. The molecule has 0 aliphatic heterocycles. The molecule has 1 heterocycles. The SMILES string of the molecule is CC(=O)N[C@H](c1ccccn1)C1CCC(CNC(=O)C2CCC2)CC1. The summed E-state index contributed by atoms with van der Waals surface area (Å²) in [5.41, 5.74) is 0.944. The van der Waals surface area contributed by atoms with Gasteiger partial charge in [0.15, 0.2) is 0 Å². The molecule has 2 N–H and O–H groups in total. The van der Waals surface area contributed by atoms with Gasteiger partial charge in [-0.15, -0.1) is 0 Å². The first-order valence-electron chi connectivity index (χ1n) is 9.59. The third kappa shape index (κ3) is 4.80. The average molecular weight is 343 g/mol. The summed E-state index contributed by atoms with van der Waals surface area (Å²) < 4.78 is 0. The van der Waals surface area contributed by atoms with Crippen molar-refractivity contribution in [2.75, 3.05) is 6.54 Å². The van der Waals surface area contributed by atoms with E-state index in [1.807, 2.05) is 18.2 Å². The summed E-state index contributed by atoms with van der Waals surface area (Å²) in [5.74, 6) is 1.48. The molecule has 2 saturated carbocycles. The molecule has 1 aromatic rings. The van der Waals surface area contributed by atoms with Crippen molar-refractivity contribution in [2.24, 2.45) is 17.8 Å². The third-order valence-corrected chi connectivity index (χ3v) is 5.77. The second-order valence-electron chi connectivity index (χ2n) is 7.59. The van der Waals surface area contributed by atoms with Crippen LogP contribution < -0.4 is 10.6 Å². The van der Waals surface area contributed by atoms with Crippen LogP contribution in [0.5, 0.6) is 0 Å². The Bertz CT molecular complexity index is 578. The topological polar surface area (TPSA) is 71.1 Å². The van der Waals surface area contributed by atoms with Crippen molar-refractivity contribution in [3.8, 4) is 0 Å². The normalized spacial score (nSPS) is 24.8. The van der Waals surface area contributed by atoms with Crippen LogP contribution in [0.3, 0.4) is 0 Å². The Hall–Kier alpha value is -1.91. The van der Waals surface area contributed by atoms with Gasteiger partial charge in [-0.1, -0.05) is 12.5 Å². The molecule has 2 aliphatic carbocycles. The summed E-state index contributed by atoms with van der Waals surface area (Å²) in [6, 6.07) is 5.85. The Labute approximate surface area is 150 Å². The molecule has 1 aromatic heterocycles. The molecule has 5 nitrogen and oxygen atoms in total. The fourth-order valence-electron chi connectivity index (χ4n) is 4.00. The summed E-state index contributed by atoms with van der Waals surface area (Å²) in [6.07, 6.45) is 9.41. The first kappa shape index (κ1) is 17.9. The van der Waals surface area contributed by atoms with Crippen LogP contribution in [-0.2, 0) is 9.59 Å². The number of hydrogen-bond donors (Lipinski definition) is 2. The van der Waals surface area contributed by atoms with Gasteiger partial charge in [0.2, 0.25) is 11.8 Å². The summed E-state index contributed by atoms with van der Waals surface area (Å²) in [6.45, 7) is 2.37. The van der Waals surface area contributed by atoms with Gasteiger partial charge in [0, 0.05) is 25.6 Å². The summed E-state index contributed by atoms with van der Waals surface area (Å²) >= 11 is 0. The van der Waals surface area contributed by atoms with Crippen LogP contribution in [0.25, 0.3) is 0 Å². The molecular weight excluding hydrogens is 314 g/mol. The molecule has 136 valence electrons. The maximum atomic E-state index is 12.0. The van der Waals surface area contributed by atoms with Gasteiger partial charge in [-0.25, -0.2) is 0 Å². The van der Waals surface area contributed by atoms with Crippen molar-refractivity contribution < 1.29 is 9.59 Å². The number of aromatic nitrogens is 1. The molecule has 0 unspecified atom stereocenters. The van der Waals surface area contributed by atoms with Crippen molar-refractivity contribution >= 4 is 11.8 Å². The number of hydrogen-bond acceptors (Lipinski definition) is 3. The Morgan fingerprint density at radius 2 is 1.92 bits per heavy atom. The molecule has 2 aliphatic rings. The van der Waals surface area contributed by atoms with E-state index in [2.05, 4.69) is 15.6 Å². The molecule has 0 radical (unpaired) electrons. The van der Waals surface area contributed by atoms with E-state index in [0.717, 1.165) is 50.8 Å². The van der Waals surface area contributed by atoms with E-state index in [4.69, 9.17) is 0 Å². The van der Waals surface area contributed by atoms with Crippen LogP contribution in [-0.4, -0.2) is 23.3 Å². The number of nitrogens with zero attached hydrogens (tertiary/aromatic N) is 1. The summed E-state index contributed by atoms with van der Waals surface area (Å²) in [4.78, 5) is 28.1. The lowest BCUT2D eigenvalue weighted by molar-refractivity contribution is -0.127. The van der Waals surface area contributed by atoms with E-state index in [9.17, 15) is 9.59 Å². The van der Waals surface area contributed by atoms with Crippen molar-refractivity contribution in [1.82, 2.24) is 15.6 Å². The number of rotatable bonds is 6. The molecule has 3 rings (SSSR count). The Morgan fingerprint density at radius 3 is 2.48 bits per heavy atom. The highest BCUT2D eigenvalue weighted by Gasteiger charge is 2.31. The van der Waals surface area contributed by atoms with Crippen molar-refractivity contribution in [2.45, 2.75) is 57.9 Å². The zero-order valence-electron chi connectivity index (χ0n) is 15.0. The van der Waals surface area contributed by atoms with E-state index in [1.165, 1.54) is 6.42 Å². The van der Waals surface area contributed by atoms with Crippen LogP contribution >= 0.6 is 0 Å². The lowest BCUT2D eigenvalue weighted by Gasteiger charge is -2.34. The fraction of sp³-hybridized carbons (Fsp3) is 0.650. The van der Waals surface area contributed by atoms with E-state index in [1.54, 1.807) is 13.1 Å². The van der Waals surface area contributed by atoms with E-state index in [0.29, 0.717) is 11.8 Å². The number of carbonyl (C=O) groups is 2. The molecule has 2 fully saturated rings. The number of nitrogens with one attached hydrogen (secondary N) is 2. The van der Waals surface area contributed by atoms with E-state index in [-0.39, 0.29) is 23.8 Å². The van der Waals surface area contributed by atoms with Gasteiger partial charge in [0.1, 0.15) is 0 Å². The maximum Gasteiger partial charge on any atom is 0.223 e. The maximum absolute atomic E-state index is 12.0. The van der Waals surface area contributed by atoms with Crippen LogP contribution in [0.2, 0.25) is 0 Å². The summed E-state index contributed by atoms with van der Waals surface area (Å²) in [7, 11) is 0. The zero-order chi connectivity index (χ0) is 17.6. The van der Waals surface area contributed by atoms with Crippen LogP contribution in [0.15, 0.2) is 24.4 Å². The fourth-order valence-corrected chi connectivity index (χ4v) is 4.00. The van der Waals surface area contributed by atoms with Crippen LogP contribution in [0.1, 0.15) is 63.6 Å². The van der Waals surface area contributed by atoms with Crippen molar-refractivity contribution in [3.05, 3.63) is 30.1 Å². The second-order valence-corrected chi connectivity index (χ2v) is 7.59. The van der Waals surface area contributed by atoms with Gasteiger partial charge in [-0.3, -0.25) is 14.6 Å². The zero-order valence-corrected chi connectivity index (χ0v) is 15.0. The van der Waals surface area contributed by atoms with Gasteiger partial charge < -0.3 is 10.6 Å². The predicted molar refractivity (Wildman–Crippen MR) is 96.6 cm³/mol. The lowest BCUT2D eigenvalue weighted by Crippen LogP contribution is -2.39. The van der Waals surface area contributed by atoms with Crippen LogP contribution in [0, 0.1) is 17.8 Å². The van der Waals surface area contributed by atoms with Crippen molar-refractivity contribution in [1.29, 1.82) is 0 Å². The molecule has 0 saturated heterocycles. The second kappa shape index (κ2) is 8.45. The average Bonchev–Trinajstić information content (AvgIpc) is 2.57. The Kier molecular flexibility index (Phi) is 6.05. The number of carbonyl (C=O) groups excluding carboxylic acids is 2. The first-order chi connectivity index (χ1) is 12.1. The van der Waals surface area contributed by atoms with Gasteiger partial charge >= 0.3 is 0 Å². The molecule has 25 heavy (non-hydrogen) atoms. The molecule has 5 heteroatoms. The first-order valence-corrected chi connectivity index (χ1v) is 9.59. The highest BCUT2D eigenvalue weighted by molar-refractivity contribution is 5.79.